The number of carbonyl (C=O) groups excluding carboxylic acids is 1. The van der Waals surface area contributed by atoms with Gasteiger partial charge in [0, 0.05) is 12.3 Å². The minimum absolute atomic E-state index is 0.0240. The van der Waals surface area contributed by atoms with Gasteiger partial charge in [0.05, 0.1) is 0 Å². The molecule has 4 atom stereocenters. The highest BCUT2D eigenvalue weighted by molar-refractivity contribution is 5.71. The lowest BCUT2D eigenvalue weighted by Crippen LogP contribution is -2.60. The van der Waals surface area contributed by atoms with Gasteiger partial charge in [-0.25, -0.2) is 0 Å². The minimum atomic E-state index is -0.187. The van der Waals surface area contributed by atoms with Crippen LogP contribution in [0.2, 0.25) is 0 Å². The molecule has 1 aliphatic heterocycles. The first-order chi connectivity index (χ1) is 8.78. The fourth-order valence-corrected chi connectivity index (χ4v) is 5.94. The van der Waals surface area contributed by atoms with Crippen LogP contribution in [0.1, 0.15) is 72.6 Å². The van der Waals surface area contributed by atoms with Crippen molar-refractivity contribution in [1.82, 2.24) is 0 Å². The van der Waals surface area contributed by atoms with Gasteiger partial charge in [-0.05, 0) is 55.8 Å². The molecular weight excluding hydrogens is 236 g/mol. The summed E-state index contributed by atoms with van der Waals surface area (Å²) in [5.74, 6) is 1.38. The summed E-state index contributed by atoms with van der Waals surface area (Å²) < 4.78 is 5.82. The Labute approximate surface area is 117 Å². The molecule has 3 fully saturated rings. The van der Waals surface area contributed by atoms with Crippen LogP contribution >= 0.6 is 0 Å². The molecule has 0 aromatic carbocycles. The summed E-state index contributed by atoms with van der Waals surface area (Å²) in [6, 6.07) is 0. The second kappa shape index (κ2) is 3.99. The summed E-state index contributed by atoms with van der Waals surface area (Å²) in [6.45, 7) is 9.58. The molecule has 108 valence electrons. The molecule has 3 rings (SSSR count). The van der Waals surface area contributed by atoms with Gasteiger partial charge in [0.1, 0.15) is 5.60 Å². The van der Waals surface area contributed by atoms with E-state index >= 15 is 0 Å². The van der Waals surface area contributed by atoms with Crippen LogP contribution in [0.3, 0.4) is 0 Å². The zero-order chi connectivity index (χ0) is 13.9. The topological polar surface area (TPSA) is 26.3 Å². The van der Waals surface area contributed by atoms with E-state index in [4.69, 9.17) is 4.74 Å². The van der Waals surface area contributed by atoms with Gasteiger partial charge < -0.3 is 4.74 Å². The number of carbonyl (C=O) groups is 1. The first kappa shape index (κ1) is 13.5. The van der Waals surface area contributed by atoms with Crippen molar-refractivity contribution in [3.63, 3.8) is 0 Å². The van der Waals surface area contributed by atoms with Crippen molar-refractivity contribution in [1.29, 1.82) is 0 Å². The smallest absolute Gasteiger partial charge is 0.306 e. The molecule has 0 aromatic rings. The molecule has 0 unspecified atom stereocenters. The van der Waals surface area contributed by atoms with Crippen LogP contribution in [0, 0.1) is 22.7 Å². The first-order valence-corrected chi connectivity index (χ1v) is 8.00. The van der Waals surface area contributed by atoms with Crippen molar-refractivity contribution in [2.24, 2.45) is 22.7 Å². The predicted octanol–water partition coefficient (Wildman–Crippen LogP) is 4.32. The van der Waals surface area contributed by atoms with Gasteiger partial charge in [0.15, 0.2) is 0 Å². The van der Waals surface area contributed by atoms with Gasteiger partial charge in [-0.2, -0.15) is 0 Å². The van der Waals surface area contributed by atoms with Crippen LogP contribution in [0.4, 0.5) is 0 Å². The Kier molecular flexibility index (Phi) is 2.82. The molecule has 0 amide bonds. The van der Waals surface area contributed by atoms with E-state index in [9.17, 15) is 4.79 Å². The monoisotopic (exact) mass is 264 g/mol. The molecule has 2 aliphatic carbocycles. The van der Waals surface area contributed by atoms with Gasteiger partial charge in [-0.3, -0.25) is 4.79 Å². The fraction of sp³-hybridized carbons (Fsp3) is 0.941. The number of rotatable bonds is 0. The Hall–Kier alpha value is -0.530. The maximum Gasteiger partial charge on any atom is 0.306 e. The standard InChI is InChI=1S/C17H28O2/c1-15(2)9-5-10-16(3)12(15)8-11-17(4)13(16)6-7-14(18)19-17/h12-13H,5-11H2,1-4H3/t12-,13-,16+,17-/m1/s1. The molecule has 0 bridgehead atoms. The van der Waals surface area contributed by atoms with Crippen LogP contribution in [-0.2, 0) is 9.53 Å². The number of hydrogen-bond acceptors (Lipinski definition) is 2. The summed E-state index contributed by atoms with van der Waals surface area (Å²) in [7, 11) is 0. The number of esters is 1. The van der Waals surface area contributed by atoms with E-state index in [1.54, 1.807) is 0 Å². The van der Waals surface area contributed by atoms with Crippen molar-refractivity contribution in [3.8, 4) is 0 Å². The summed E-state index contributed by atoms with van der Waals surface area (Å²) in [5, 5.41) is 0. The lowest BCUT2D eigenvalue weighted by molar-refractivity contribution is -0.215. The lowest BCUT2D eigenvalue weighted by atomic mass is 9.45. The normalized spacial score (nSPS) is 48.9. The molecular formula is C17H28O2. The van der Waals surface area contributed by atoms with E-state index in [1.807, 2.05) is 0 Å². The van der Waals surface area contributed by atoms with Crippen LogP contribution in [0.15, 0.2) is 0 Å². The van der Waals surface area contributed by atoms with Gasteiger partial charge >= 0.3 is 5.97 Å². The second-order valence-electron chi connectivity index (χ2n) is 8.32. The Morgan fingerprint density at radius 1 is 1.00 bits per heavy atom. The third-order valence-corrected chi connectivity index (χ3v) is 6.72. The van der Waals surface area contributed by atoms with Crippen LogP contribution in [-0.4, -0.2) is 11.6 Å². The molecule has 3 aliphatic rings. The quantitative estimate of drug-likeness (QED) is 0.609. The zero-order valence-electron chi connectivity index (χ0n) is 12.9. The summed E-state index contributed by atoms with van der Waals surface area (Å²) in [6.07, 6.45) is 7.97. The maximum absolute atomic E-state index is 11.7. The van der Waals surface area contributed by atoms with Crippen molar-refractivity contribution >= 4 is 5.97 Å². The molecule has 2 heteroatoms. The van der Waals surface area contributed by atoms with E-state index < -0.39 is 0 Å². The summed E-state index contributed by atoms with van der Waals surface area (Å²) in [4.78, 5) is 11.7. The van der Waals surface area contributed by atoms with E-state index in [0.717, 1.165) is 18.8 Å². The molecule has 2 nitrogen and oxygen atoms in total. The lowest BCUT2D eigenvalue weighted by Gasteiger charge is -2.62. The van der Waals surface area contributed by atoms with E-state index in [2.05, 4.69) is 27.7 Å². The van der Waals surface area contributed by atoms with Crippen molar-refractivity contribution in [2.45, 2.75) is 78.2 Å². The first-order valence-electron chi connectivity index (χ1n) is 8.00. The maximum atomic E-state index is 11.7. The number of ether oxygens (including phenoxy) is 1. The van der Waals surface area contributed by atoms with Gasteiger partial charge in [0.2, 0.25) is 0 Å². The zero-order valence-corrected chi connectivity index (χ0v) is 12.9. The van der Waals surface area contributed by atoms with Crippen molar-refractivity contribution in [2.75, 3.05) is 0 Å². The number of hydrogen-bond donors (Lipinski definition) is 0. The third kappa shape index (κ3) is 1.86. The van der Waals surface area contributed by atoms with Gasteiger partial charge in [-0.15, -0.1) is 0 Å². The van der Waals surface area contributed by atoms with Crippen LogP contribution in [0.25, 0.3) is 0 Å². The molecule has 0 aromatic heterocycles. The molecule has 2 saturated carbocycles. The number of fused-ring (bicyclic) bond motifs is 3. The van der Waals surface area contributed by atoms with E-state index in [-0.39, 0.29) is 11.6 Å². The molecule has 1 heterocycles. The molecule has 0 radical (unpaired) electrons. The fourth-order valence-electron chi connectivity index (χ4n) is 5.94. The van der Waals surface area contributed by atoms with Crippen LogP contribution < -0.4 is 0 Å². The Bertz CT molecular complexity index is 400. The van der Waals surface area contributed by atoms with Crippen LogP contribution in [0.5, 0.6) is 0 Å². The minimum Gasteiger partial charge on any atom is -0.459 e. The predicted molar refractivity (Wildman–Crippen MR) is 75.7 cm³/mol. The highest BCUT2D eigenvalue weighted by Gasteiger charge is 2.60. The van der Waals surface area contributed by atoms with Gasteiger partial charge in [-0.1, -0.05) is 27.2 Å². The van der Waals surface area contributed by atoms with Crippen molar-refractivity contribution in [3.05, 3.63) is 0 Å². The Morgan fingerprint density at radius 2 is 1.74 bits per heavy atom. The average Bonchev–Trinajstić information content (AvgIpc) is 2.25. The third-order valence-electron chi connectivity index (χ3n) is 6.72. The largest absolute Gasteiger partial charge is 0.459 e. The average molecular weight is 264 g/mol. The Morgan fingerprint density at radius 3 is 2.47 bits per heavy atom. The second-order valence-corrected chi connectivity index (χ2v) is 8.32. The summed E-state index contributed by atoms with van der Waals surface area (Å²) >= 11 is 0. The SMILES string of the molecule is CC1(C)CCC[C@@]2(C)[C@@H]1CC[C@@]1(C)OC(=O)CC[C@H]21. The van der Waals surface area contributed by atoms with E-state index in [0.29, 0.717) is 23.2 Å². The van der Waals surface area contributed by atoms with E-state index in [1.165, 1.54) is 25.7 Å². The molecule has 0 spiro atoms. The highest BCUT2D eigenvalue weighted by atomic mass is 16.6. The highest BCUT2D eigenvalue weighted by Crippen LogP contribution is 2.64. The Balaban J connectivity index is 1.97. The molecule has 0 N–H and O–H groups in total. The molecule has 19 heavy (non-hydrogen) atoms. The van der Waals surface area contributed by atoms with Gasteiger partial charge in [0.25, 0.3) is 0 Å². The molecule has 1 saturated heterocycles. The van der Waals surface area contributed by atoms with Crippen molar-refractivity contribution < 1.29 is 9.53 Å². The summed E-state index contributed by atoms with van der Waals surface area (Å²) in [5.41, 5.74) is 0.638.